The third kappa shape index (κ3) is 6.20. The summed E-state index contributed by atoms with van der Waals surface area (Å²) in [6.07, 6.45) is 0. The van der Waals surface area contributed by atoms with Crippen LogP contribution in [-0.4, -0.2) is 50.3 Å². The number of benzene rings is 1. The number of ether oxygens (including phenoxy) is 1. The molecule has 1 rings (SSSR count). The molecule has 0 spiro atoms. The number of nitrogens with one attached hydrogen (secondary N) is 1. The molecule has 6 heteroatoms. The Bertz CT molecular complexity index is 426. The molecule has 0 fully saturated rings. The lowest BCUT2D eigenvalue weighted by atomic mass is 10.2. The number of likely N-dealkylation sites (N-methyl/N-ethyl adjacent to an activating group) is 1. The minimum absolute atomic E-state index is 0.354. The maximum atomic E-state index is 5.96. The highest BCUT2D eigenvalue weighted by Crippen LogP contribution is 2.20. The van der Waals surface area contributed by atoms with E-state index in [-0.39, 0.29) is 0 Å². The fourth-order valence-electron chi connectivity index (χ4n) is 1.48. The van der Waals surface area contributed by atoms with Gasteiger partial charge in [0.15, 0.2) is 0 Å². The molecule has 0 saturated heterocycles. The second-order valence-electron chi connectivity index (χ2n) is 4.40. The molecule has 1 aromatic rings. The number of nitrogens with zero attached hydrogens (tertiary/aromatic N) is 1. The SMILES string of the molecule is CN(C)CCOCCNc1cc(Cl)ccc1C(N)=S. The molecule has 0 aliphatic rings. The van der Waals surface area contributed by atoms with Crippen molar-refractivity contribution in [2.24, 2.45) is 5.73 Å². The summed E-state index contributed by atoms with van der Waals surface area (Å²) in [7, 11) is 4.03. The first kappa shape index (κ1) is 16.2. The Morgan fingerprint density at radius 1 is 1.42 bits per heavy atom. The Balaban J connectivity index is 2.40. The van der Waals surface area contributed by atoms with Gasteiger partial charge in [-0.1, -0.05) is 23.8 Å². The van der Waals surface area contributed by atoms with Crippen molar-refractivity contribution >= 4 is 34.5 Å². The van der Waals surface area contributed by atoms with E-state index in [9.17, 15) is 0 Å². The van der Waals surface area contributed by atoms with Crippen LogP contribution in [0.3, 0.4) is 0 Å². The van der Waals surface area contributed by atoms with Crippen molar-refractivity contribution < 1.29 is 4.74 Å². The number of hydrogen-bond donors (Lipinski definition) is 2. The van der Waals surface area contributed by atoms with Gasteiger partial charge in [0.1, 0.15) is 4.99 Å². The van der Waals surface area contributed by atoms with Gasteiger partial charge < -0.3 is 20.7 Å². The Kier molecular flexibility index (Phi) is 7.09. The van der Waals surface area contributed by atoms with Crippen molar-refractivity contribution in [3.63, 3.8) is 0 Å². The smallest absolute Gasteiger partial charge is 0.106 e. The van der Waals surface area contributed by atoms with E-state index < -0.39 is 0 Å². The maximum absolute atomic E-state index is 5.96. The highest BCUT2D eigenvalue weighted by atomic mass is 35.5. The molecule has 0 aliphatic heterocycles. The summed E-state index contributed by atoms with van der Waals surface area (Å²) in [5.41, 5.74) is 7.30. The van der Waals surface area contributed by atoms with Crippen molar-refractivity contribution in [2.75, 3.05) is 45.7 Å². The molecule has 1 aromatic carbocycles. The summed E-state index contributed by atoms with van der Waals surface area (Å²) in [4.78, 5) is 2.43. The molecule has 4 nitrogen and oxygen atoms in total. The van der Waals surface area contributed by atoms with E-state index in [0.29, 0.717) is 29.8 Å². The highest BCUT2D eigenvalue weighted by molar-refractivity contribution is 7.80. The predicted octanol–water partition coefficient (Wildman–Crippen LogP) is 1.96. The van der Waals surface area contributed by atoms with Gasteiger partial charge in [-0.15, -0.1) is 0 Å². The average molecular weight is 302 g/mol. The zero-order chi connectivity index (χ0) is 14.3. The molecule has 3 N–H and O–H groups in total. The first-order chi connectivity index (χ1) is 9.00. The lowest BCUT2D eigenvalue weighted by Gasteiger charge is -2.13. The molecule has 0 unspecified atom stereocenters. The third-order valence-electron chi connectivity index (χ3n) is 2.49. The summed E-state index contributed by atoms with van der Waals surface area (Å²) in [5, 5.41) is 3.88. The van der Waals surface area contributed by atoms with E-state index in [1.54, 1.807) is 6.07 Å². The molecule has 19 heavy (non-hydrogen) atoms. The Labute approximate surface area is 124 Å². The molecule has 0 heterocycles. The molecule has 0 saturated carbocycles. The maximum Gasteiger partial charge on any atom is 0.106 e. The first-order valence-corrected chi connectivity index (χ1v) is 6.85. The fourth-order valence-corrected chi connectivity index (χ4v) is 1.83. The minimum Gasteiger partial charge on any atom is -0.389 e. The van der Waals surface area contributed by atoms with Crippen molar-refractivity contribution in [3.8, 4) is 0 Å². The van der Waals surface area contributed by atoms with Crippen LogP contribution < -0.4 is 11.1 Å². The zero-order valence-electron chi connectivity index (χ0n) is 11.3. The lowest BCUT2D eigenvalue weighted by molar-refractivity contribution is 0.126. The Morgan fingerprint density at radius 3 is 2.79 bits per heavy atom. The quantitative estimate of drug-likeness (QED) is 0.568. The van der Waals surface area contributed by atoms with Crippen molar-refractivity contribution in [3.05, 3.63) is 28.8 Å². The first-order valence-electron chi connectivity index (χ1n) is 6.06. The van der Waals surface area contributed by atoms with Crippen LogP contribution in [-0.2, 0) is 4.74 Å². The summed E-state index contributed by atoms with van der Waals surface area (Å²) < 4.78 is 5.50. The number of rotatable bonds is 8. The molecule has 0 aromatic heterocycles. The van der Waals surface area contributed by atoms with Gasteiger partial charge in [-0.3, -0.25) is 0 Å². The summed E-state index contributed by atoms with van der Waals surface area (Å²) >= 11 is 11.0. The fraction of sp³-hybridized carbons (Fsp3) is 0.462. The predicted molar refractivity (Wildman–Crippen MR) is 85.2 cm³/mol. The molecule has 0 bridgehead atoms. The largest absolute Gasteiger partial charge is 0.389 e. The summed E-state index contributed by atoms with van der Waals surface area (Å²) in [6.45, 7) is 2.93. The van der Waals surface area contributed by atoms with Crippen LogP contribution >= 0.6 is 23.8 Å². The van der Waals surface area contributed by atoms with Gasteiger partial charge in [0.25, 0.3) is 0 Å². The molecular weight excluding hydrogens is 282 g/mol. The van der Waals surface area contributed by atoms with Gasteiger partial charge in [0, 0.05) is 29.4 Å². The Hall–Kier alpha value is -0.880. The van der Waals surface area contributed by atoms with Crippen LogP contribution in [0.2, 0.25) is 5.02 Å². The van der Waals surface area contributed by atoms with E-state index in [4.69, 9.17) is 34.3 Å². The molecule has 0 radical (unpaired) electrons. The van der Waals surface area contributed by atoms with Gasteiger partial charge in [-0.05, 0) is 32.3 Å². The second kappa shape index (κ2) is 8.32. The summed E-state index contributed by atoms with van der Waals surface area (Å²) in [5.74, 6) is 0. The third-order valence-corrected chi connectivity index (χ3v) is 2.95. The van der Waals surface area contributed by atoms with Crippen LogP contribution in [0.4, 0.5) is 5.69 Å². The number of thiocarbonyl (C=S) groups is 1. The van der Waals surface area contributed by atoms with E-state index in [2.05, 4.69) is 10.2 Å². The molecule has 106 valence electrons. The van der Waals surface area contributed by atoms with Gasteiger partial charge in [-0.2, -0.15) is 0 Å². The number of anilines is 1. The lowest BCUT2D eigenvalue weighted by Crippen LogP contribution is -2.20. The van der Waals surface area contributed by atoms with Crippen molar-refractivity contribution in [1.82, 2.24) is 4.90 Å². The number of halogens is 1. The highest BCUT2D eigenvalue weighted by Gasteiger charge is 2.05. The van der Waals surface area contributed by atoms with Crippen LogP contribution in [0.25, 0.3) is 0 Å². The van der Waals surface area contributed by atoms with E-state index >= 15 is 0 Å². The average Bonchev–Trinajstić information content (AvgIpc) is 2.33. The van der Waals surface area contributed by atoms with Gasteiger partial charge in [-0.25, -0.2) is 0 Å². The monoisotopic (exact) mass is 301 g/mol. The second-order valence-corrected chi connectivity index (χ2v) is 5.27. The summed E-state index contributed by atoms with van der Waals surface area (Å²) in [6, 6.07) is 5.41. The topological polar surface area (TPSA) is 50.5 Å². The van der Waals surface area contributed by atoms with Crippen LogP contribution in [0.15, 0.2) is 18.2 Å². The van der Waals surface area contributed by atoms with E-state index in [1.165, 1.54) is 0 Å². The van der Waals surface area contributed by atoms with Crippen LogP contribution in [0, 0.1) is 0 Å². The minimum atomic E-state index is 0.354. The molecule has 0 atom stereocenters. The van der Waals surface area contributed by atoms with Crippen LogP contribution in [0.5, 0.6) is 0 Å². The van der Waals surface area contributed by atoms with Crippen molar-refractivity contribution in [1.29, 1.82) is 0 Å². The van der Waals surface area contributed by atoms with Crippen LogP contribution in [0.1, 0.15) is 5.56 Å². The number of hydrogen-bond acceptors (Lipinski definition) is 4. The van der Waals surface area contributed by atoms with Gasteiger partial charge in [0.05, 0.1) is 13.2 Å². The number of nitrogens with two attached hydrogens (primary N) is 1. The standard InChI is InChI=1S/C13H20ClN3OS/c1-17(2)6-8-18-7-5-16-12-9-10(14)3-4-11(12)13(15)19/h3-4,9,16H,5-8H2,1-2H3,(H2,15,19). The Morgan fingerprint density at radius 2 is 2.16 bits per heavy atom. The van der Waals surface area contributed by atoms with E-state index in [0.717, 1.165) is 17.8 Å². The van der Waals surface area contributed by atoms with Gasteiger partial charge >= 0.3 is 0 Å². The van der Waals surface area contributed by atoms with E-state index in [1.807, 2.05) is 26.2 Å². The molecule has 0 amide bonds. The zero-order valence-corrected chi connectivity index (χ0v) is 12.9. The molecule has 0 aliphatic carbocycles. The van der Waals surface area contributed by atoms with Gasteiger partial charge in [0.2, 0.25) is 0 Å². The van der Waals surface area contributed by atoms with Crippen molar-refractivity contribution in [2.45, 2.75) is 0 Å². The normalized spacial score (nSPS) is 10.7. The molecular formula is C13H20ClN3OS.